The molecule has 1 aliphatic rings. The number of rotatable bonds is 6. The maximum atomic E-state index is 5.80. The zero-order valence-electron chi connectivity index (χ0n) is 12.9. The van der Waals surface area contributed by atoms with Crippen LogP contribution in [0.4, 0.5) is 0 Å². The number of hydrogen-bond donors (Lipinski definition) is 2. The average molecular weight is 286 g/mol. The molecule has 0 bridgehead atoms. The van der Waals surface area contributed by atoms with Crippen LogP contribution in [0.25, 0.3) is 11.0 Å². The van der Waals surface area contributed by atoms with E-state index in [-0.39, 0.29) is 0 Å². The van der Waals surface area contributed by atoms with Crippen molar-refractivity contribution in [2.45, 2.75) is 58.0 Å². The quantitative estimate of drug-likeness (QED) is 0.634. The van der Waals surface area contributed by atoms with Crippen LogP contribution < -0.4 is 11.3 Å². The lowest BCUT2D eigenvalue weighted by Crippen LogP contribution is -2.38. The summed E-state index contributed by atoms with van der Waals surface area (Å²) >= 11 is 0. The Hall–Kier alpha value is -1.39. The van der Waals surface area contributed by atoms with Crippen molar-refractivity contribution in [3.63, 3.8) is 0 Å². The first-order valence-corrected chi connectivity index (χ1v) is 8.22. The Balaban J connectivity index is 1.78. The van der Waals surface area contributed by atoms with Crippen molar-refractivity contribution < 1.29 is 0 Å². The molecule has 1 saturated carbocycles. The predicted molar refractivity (Wildman–Crippen MR) is 86.8 cm³/mol. The van der Waals surface area contributed by atoms with Crippen LogP contribution in [0, 0.1) is 5.92 Å². The average Bonchev–Trinajstić information content (AvgIpc) is 3.13. The van der Waals surface area contributed by atoms with Gasteiger partial charge in [0.25, 0.3) is 0 Å². The van der Waals surface area contributed by atoms with Gasteiger partial charge in [-0.1, -0.05) is 37.8 Å². The van der Waals surface area contributed by atoms with E-state index in [9.17, 15) is 0 Å². The highest BCUT2D eigenvalue weighted by atomic mass is 15.2. The number of fused-ring (bicyclic) bond motifs is 1. The Morgan fingerprint density at radius 1 is 1.33 bits per heavy atom. The largest absolute Gasteiger partial charge is 0.328 e. The lowest BCUT2D eigenvalue weighted by molar-refractivity contribution is 0.382. The molecule has 3 rings (SSSR count). The number of imidazole rings is 1. The van der Waals surface area contributed by atoms with Crippen LogP contribution in [0.3, 0.4) is 0 Å². The van der Waals surface area contributed by atoms with Crippen molar-refractivity contribution in [2.24, 2.45) is 11.8 Å². The van der Waals surface area contributed by atoms with Crippen LogP contribution in [0.1, 0.15) is 44.9 Å². The molecule has 4 nitrogen and oxygen atoms in total. The van der Waals surface area contributed by atoms with Gasteiger partial charge in [0.1, 0.15) is 5.82 Å². The molecule has 1 aromatic carbocycles. The number of hydrogen-bond acceptors (Lipinski definition) is 3. The summed E-state index contributed by atoms with van der Waals surface area (Å²) in [5, 5.41) is 0. The Kier molecular flexibility index (Phi) is 4.56. The molecule has 0 aliphatic heterocycles. The van der Waals surface area contributed by atoms with Gasteiger partial charge in [0.05, 0.1) is 11.0 Å². The first-order valence-electron chi connectivity index (χ1n) is 8.22. The number of hydrazine groups is 1. The van der Waals surface area contributed by atoms with Gasteiger partial charge >= 0.3 is 0 Å². The number of aromatic nitrogens is 2. The van der Waals surface area contributed by atoms with E-state index in [4.69, 9.17) is 10.8 Å². The van der Waals surface area contributed by atoms with E-state index in [0.717, 1.165) is 30.2 Å². The van der Waals surface area contributed by atoms with E-state index in [1.165, 1.54) is 37.6 Å². The van der Waals surface area contributed by atoms with Crippen molar-refractivity contribution in [1.82, 2.24) is 15.0 Å². The molecule has 0 saturated heterocycles. The van der Waals surface area contributed by atoms with Crippen molar-refractivity contribution in [2.75, 3.05) is 0 Å². The fourth-order valence-corrected chi connectivity index (χ4v) is 3.71. The second-order valence-electron chi connectivity index (χ2n) is 6.21. The van der Waals surface area contributed by atoms with Crippen molar-refractivity contribution >= 4 is 11.0 Å². The van der Waals surface area contributed by atoms with Gasteiger partial charge in [-0.05, 0) is 31.4 Å². The Morgan fingerprint density at radius 3 is 2.81 bits per heavy atom. The van der Waals surface area contributed by atoms with Gasteiger partial charge < -0.3 is 4.57 Å². The summed E-state index contributed by atoms with van der Waals surface area (Å²) in [6, 6.07) is 8.70. The summed E-state index contributed by atoms with van der Waals surface area (Å²) in [5.41, 5.74) is 5.34. The molecular weight excluding hydrogens is 260 g/mol. The summed E-state index contributed by atoms with van der Waals surface area (Å²) in [6.07, 6.45) is 7.58. The molecule has 1 unspecified atom stereocenters. The Bertz CT molecular complexity index is 583. The number of aryl methyl sites for hydroxylation is 1. The molecule has 114 valence electrons. The fraction of sp³-hybridized carbons (Fsp3) is 0.588. The normalized spacial score (nSPS) is 17.6. The van der Waals surface area contributed by atoms with E-state index in [1.54, 1.807) is 0 Å². The molecule has 1 heterocycles. The lowest BCUT2D eigenvalue weighted by Gasteiger charge is -2.19. The highest BCUT2D eigenvalue weighted by molar-refractivity contribution is 5.75. The van der Waals surface area contributed by atoms with Gasteiger partial charge in [0, 0.05) is 19.0 Å². The van der Waals surface area contributed by atoms with Crippen LogP contribution in [0.2, 0.25) is 0 Å². The summed E-state index contributed by atoms with van der Waals surface area (Å²) in [7, 11) is 0. The maximum Gasteiger partial charge on any atom is 0.111 e. The maximum absolute atomic E-state index is 5.80. The number of nitrogens with zero attached hydrogens (tertiary/aromatic N) is 2. The standard InChI is InChI=1S/C17H26N4/c1-2-21-16-10-6-5-9-15(16)19-17(21)12-14(20-18)11-13-7-3-4-8-13/h5-6,9-10,13-14,20H,2-4,7-8,11-12,18H2,1H3. The molecule has 1 aliphatic carbocycles. The van der Waals surface area contributed by atoms with Crippen LogP contribution >= 0.6 is 0 Å². The van der Waals surface area contributed by atoms with Crippen LogP contribution in [0.5, 0.6) is 0 Å². The van der Waals surface area contributed by atoms with E-state index in [0.29, 0.717) is 6.04 Å². The highest BCUT2D eigenvalue weighted by Gasteiger charge is 2.21. The summed E-state index contributed by atoms with van der Waals surface area (Å²) < 4.78 is 2.31. The smallest absolute Gasteiger partial charge is 0.111 e. The third kappa shape index (κ3) is 3.11. The van der Waals surface area contributed by atoms with Gasteiger partial charge in [0.2, 0.25) is 0 Å². The van der Waals surface area contributed by atoms with E-state index in [2.05, 4.69) is 41.2 Å². The van der Waals surface area contributed by atoms with Crippen molar-refractivity contribution in [3.8, 4) is 0 Å². The number of nitrogens with two attached hydrogens (primary N) is 1. The Labute approximate surface area is 126 Å². The van der Waals surface area contributed by atoms with Gasteiger partial charge in [-0.3, -0.25) is 11.3 Å². The van der Waals surface area contributed by atoms with E-state index in [1.807, 2.05) is 0 Å². The number of para-hydroxylation sites is 2. The third-order valence-corrected chi connectivity index (χ3v) is 4.81. The third-order valence-electron chi connectivity index (χ3n) is 4.81. The second kappa shape index (κ2) is 6.58. The van der Waals surface area contributed by atoms with Crippen LogP contribution in [-0.2, 0) is 13.0 Å². The van der Waals surface area contributed by atoms with E-state index >= 15 is 0 Å². The summed E-state index contributed by atoms with van der Waals surface area (Å²) in [6.45, 7) is 3.13. The molecule has 21 heavy (non-hydrogen) atoms. The minimum atomic E-state index is 0.329. The highest BCUT2D eigenvalue weighted by Crippen LogP contribution is 2.29. The summed E-state index contributed by atoms with van der Waals surface area (Å²) in [5.74, 6) is 7.79. The molecule has 2 aromatic rings. The zero-order chi connectivity index (χ0) is 14.7. The molecule has 1 atom stereocenters. The van der Waals surface area contributed by atoms with Crippen molar-refractivity contribution in [1.29, 1.82) is 0 Å². The predicted octanol–water partition coefficient (Wildman–Crippen LogP) is 3.01. The van der Waals surface area contributed by atoms with Gasteiger partial charge in [-0.2, -0.15) is 0 Å². The topological polar surface area (TPSA) is 55.9 Å². The first kappa shape index (κ1) is 14.5. The fourth-order valence-electron chi connectivity index (χ4n) is 3.71. The monoisotopic (exact) mass is 286 g/mol. The molecule has 4 heteroatoms. The number of benzene rings is 1. The molecule has 0 spiro atoms. The molecule has 0 amide bonds. The Morgan fingerprint density at radius 2 is 2.10 bits per heavy atom. The molecule has 1 fully saturated rings. The minimum Gasteiger partial charge on any atom is -0.328 e. The van der Waals surface area contributed by atoms with Gasteiger partial charge in [-0.15, -0.1) is 0 Å². The molecular formula is C17H26N4. The molecule has 0 radical (unpaired) electrons. The van der Waals surface area contributed by atoms with Gasteiger partial charge in [-0.25, -0.2) is 4.98 Å². The summed E-state index contributed by atoms with van der Waals surface area (Å²) in [4.78, 5) is 4.81. The second-order valence-corrected chi connectivity index (χ2v) is 6.21. The molecule has 3 N–H and O–H groups in total. The van der Waals surface area contributed by atoms with Crippen molar-refractivity contribution in [3.05, 3.63) is 30.1 Å². The van der Waals surface area contributed by atoms with Crippen LogP contribution in [0.15, 0.2) is 24.3 Å². The SMILES string of the molecule is CCn1c(CC(CC2CCCC2)NN)nc2ccccc21. The number of nitrogens with one attached hydrogen (secondary N) is 1. The van der Waals surface area contributed by atoms with Gasteiger partial charge in [0.15, 0.2) is 0 Å². The lowest BCUT2D eigenvalue weighted by atomic mass is 9.96. The zero-order valence-corrected chi connectivity index (χ0v) is 12.9. The minimum absolute atomic E-state index is 0.329. The van der Waals surface area contributed by atoms with Crippen LogP contribution in [-0.4, -0.2) is 15.6 Å². The first-order chi connectivity index (χ1) is 10.3. The molecule has 1 aromatic heterocycles. The van der Waals surface area contributed by atoms with E-state index < -0.39 is 0 Å².